The highest BCUT2D eigenvalue weighted by molar-refractivity contribution is 5.77. The number of para-hydroxylation sites is 4. The van der Waals surface area contributed by atoms with Gasteiger partial charge in [0.15, 0.2) is 11.5 Å². The van der Waals surface area contributed by atoms with E-state index in [4.69, 9.17) is 4.74 Å². The first-order chi connectivity index (χ1) is 11.3. The van der Waals surface area contributed by atoms with E-state index < -0.39 is 0 Å². The topological polar surface area (TPSA) is 12.5 Å². The highest BCUT2D eigenvalue weighted by Crippen LogP contribution is 2.46. The minimum Gasteiger partial charge on any atom is -0.453 e. The second kappa shape index (κ2) is 5.65. The zero-order chi connectivity index (χ0) is 15.6. The maximum Gasteiger partial charge on any atom is 0.151 e. The maximum absolute atomic E-state index is 6.03. The van der Waals surface area contributed by atoms with Crippen LogP contribution in [0, 0.1) is 0 Å². The summed E-state index contributed by atoms with van der Waals surface area (Å²) in [5.41, 5.74) is 4.58. The zero-order valence-corrected chi connectivity index (χ0v) is 12.8. The molecule has 0 amide bonds. The average Bonchev–Trinajstić information content (AvgIpc) is 2.62. The molecule has 2 nitrogen and oxygen atoms in total. The van der Waals surface area contributed by atoms with Crippen LogP contribution in [0.2, 0.25) is 0 Å². The van der Waals surface area contributed by atoms with Gasteiger partial charge in [-0.2, -0.15) is 0 Å². The summed E-state index contributed by atoms with van der Waals surface area (Å²) in [5.74, 6) is 1.79. The van der Waals surface area contributed by atoms with Crippen molar-refractivity contribution < 1.29 is 4.74 Å². The predicted molar refractivity (Wildman–Crippen MR) is 95.3 cm³/mol. The summed E-state index contributed by atoms with van der Waals surface area (Å²) >= 11 is 0. The molecule has 112 valence electrons. The van der Waals surface area contributed by atoms with E-state index in [-0.39, 0.29) is 0 Å². The molecule has 0 spiro atoms. The fourth-order valence-electron chi connectivity index (χ4n) is 2.89. The van der Waals surface area contributed by atoms with Gasteiger partial charge in [0.2, 0.25) is 0 Å². The number of ether oxygens (including phenoxy) is 1. The summed E-state index contributed by atoms with van der Waals surface area (Å²) < 4.78 is 6.03. The first-order valence-corrected chi connectivity index (χ1v) is 7.70. The van der Waals surface area contributed by atoms with Crippen LogP contribution >= 0.6 is 0 Å². The molecule has 0 aromatic heterocycles. The Balaban J connectivity index is 1.76. The quantitative estimate of drug-likeness (QED) is 0.608. The van der Waals surface area contributed by atoms with Crippen LogP contribution in [-0.4, -0.2) is 0 Å². The van der Waals surface area contributed by atoms with E-state index in [0.29, 0.717) is 0 Å². The first-order valence-electron chi connectivity index (χ1n) is 7.70. The third-order valence-corrected chi connectivity index (χ3v) is 4.09. The van der Waals surface area contributed by atoms with Crippen molar-refractivity contribution in [3.63, 3.8) is 0 Å². The summed E-state index contributed by atoms with van der Waals surface area (Å²) in [6, 6.07) is 24.8. The van der Waals surface area contributed by atoms with Crippen LogP contribution in [-0.2, 0) is 6.54 Å². The third-order valence-electron chi connectivity index (χ3n) is 4.09. The van der Waals surface area contributed by atoms with Crippen LogP contribution in [0.1, 0.15) is 11.1 Å². The lowest BCUT2D eigenvalue weighted by molar-refractivity contribution is 0.473. The highest BCUT2D eigenvalue weighted by atomic mass is 16.5. The SMILES string of the molecule is C=Cc1ccc(CN2c3ccccc3Oc3ccccc32)cc1. The predicted octanol–water partition coefficient (Wildman–Crippen LogP) is 5.77. The van der Waals surface area contributed by atoms with Crippen molar-refractivity contribution >= 4 is 17.5 Å². The van der Waals surface area contributed by atoms with Gasteiger partial charge >= 0.3 is 0 Å². The molecule has 0 N–H and O–H groups in total. The van der Waals surface area contributed by atoms with Gasteiger partial charge in [-0.3, -0.25) is 0 Å². The Kier molecular flexibility index (Phi) is 3.35. The lowest BCUT2D eigenvalue weighted by Gasteiger charge is -2.32. The van der Waals surface area contributed by atoms with Crippen LogP contribution in [0.3, 0.4) is 0 Å². The van der Waals surface area contributed by atoms with Gasteiger partial charge in [0.1, 0.15) is 0 Å². The fourth-order valence-corrected chi connectivity index (χ4v) is 2.89. The molecule has 0 unspecified atom stereocenters. The number of benzene rings is 3. The van der Waals surface area contributed by atoms with E-state index in [1.54, 1.807) is 0 Å². The summed E-state index contributed by atoms with van der Waals surface area (Å²) in [5, 5.41) is 0. The zero-order valence-electron chi connectivity index (χ0n) is 12.8. The monoisotopic (exact) mass is 299 g/mol. The number of fused-ring (bicyclic) bond motifs is 2. The molecule has 0 atom stereocenters. The van der Waals surface area contributed by atoms with Crippen LogP contribution < -0.4 is 9.64 Å². The largest absolute Gasteiger partial charge is 0.453 e. The molecule has 0 saturated heterocycles. The average molecular weight is 299 g/mol. The van der Waals surface area contributed by atoms with Gasteiger partial charge in [-0.05, 0) is 35.4 Å². The Morgan fingerprint density at radius 1 is 0.783 bits per heavy atom. The molecule has 23 heavy (non-hydrogen) atoms. The lowest BCUT2D eigenvalue weighted by Crippen LogP contribution is -2.20. The second-order valence-corrected chi connectivity index (χ2v) is 5.57. The van der Waals surface area contributed by atoms with Crippen molar-refractivity contribution in [3.8, 4) is 11.5 Å². The normalized spacial score (nSPS) is 12.1. The Bertz CT molecular complexity index is 806. The molecule has 0 radical (unpaired) electrons. The molecule has 0 aliphatic carbocycles. The van der Waals surface area contributed by atoms with Gasteiger partial charge in [0, 0.05) is 6.54 Å². The number of hydrogen-bond donors (Lipinski definition) is 0. The van der Waals surface area contributed by atoms with Gasteiger partial charge < -0.3 is 9.64 Å². The summed E-state index contributed by atoms with van der Waals surface area (Å²) in [6.45, 7) is 4.61. The minimum absolute atomic E-state index is 0.800. The molecule has 1 aliphatic rings. The molecule has 0 fully saturated rings. The third kappa shape index (κ3) is 2.49. The van der Waals surface area contributed by atoms with Crippen LogP contribution in [0.5, 0.6) is 11.5 Å². The molecule has 0 saturated carbocycles. The lowest BCUT2D eigenvalue weighted by atomic mass is 10.1. The molecule has 1 heterocycles. The minimum atomic E-state index is 0.800. The molecule has 3 aromatic carbocycles. The Hall–Kier alpha value is -3.00. The smallest absolute Gasteiger partial charge is 0.151 e. The summed E-state index contributed by atoms with van der Waals surface area (Å²) in [7, 11) is 0. The molecular formula is C21H17NO. The second-order valence-electron chi connectivity index (χ2n) is 5.57. The number of rotatable bonds is 3. The van der Waals surface area contributed by atoms with Crippen molar-refractivity contribution in [1.29, 1.82) is 0 Å². The highest BCUT2D eigenvalue weighted by Gasteiger charge is 2.23. The van der Waals surface area contributed by atoms with E-state index in [1.807, 2.05) is 42.5 Å². The van der Waals surface area contributed by atoms with Gasteiger partial charge in [-0.15, -0.1) is 0 Å². The van der Waals surface area contributed by atoms with Crippen molar-refractivity contribution in [2.75, 3.05) is 4.90 Å². The molecule has 3 aromatic rings. The maximum atomic E-state index is 6.03. The van der Waals surface area contributed by atoms with Crippen LogP contribution in [0.15, 0.2) is 79.4 Å². The van der Waals surface area contributed by atoms with Crippen LogP contribution in [0.4, 0.5) is 11.4 Å². The number of nitrogens with zero attached hydrogens (tertiary/aromatic N) is 1. The van der Waals surface area contributed by atoms with Gasteiger partial charge in [-0.25, -0.2) is 0 Å². The summed E-state index contributed by atoms with van der Waals surface area (Å²) in [6.07, 6.45) is 1.86. The number of hydrogen-bond acceptors (Lipinski definition) is 2. The van der Waals surface area contributed by atoms with Gasteiger partial charge in [0.25, 0.3) is 0 Å². The van der Waals surface area contributed by atoms with E-state index in [1.165, 1.54) is 5.56 Å². The molecule has 2 heteroatoms. The fraction of sp³-hybridized carbons (Fsp3) is 0.0476. The van der Waals surface area contributed by atoms with E-state index in [2.05, 4.69) is 47.9 Å². The molecule has 0 bridgehead atoms. The molecule has 4 rings (SSSR count). The van der Waals surface area contributed by atoms with Crippen molar-refractivity contribution in [2.45, 2.75) is 6.54 Å². The number of anilines is 2. The van der Waals surface area contributed by atoms with E-state index >= 15 is 0 Å². The Labute approximate surface area is 136 Å². The van der Waals surface area contributed by atoms with Crippen molar-refractivity contribution in [3.05, 3.63) is 90.5 Å². The van der Waals surface area contributed by atoms with E-state index in [9.17, 15) is 0 Å². The van der Waals surface area contributed by atoms with Crippen molar-refractivity contribution in [1.82, 2.24) is 0 Å². The van der Waals surface area contributed by atoms with Crippen LogP contribution in [0.25, 0.3) is 6.08 Å². The van der Waals surface area contributed by atoms with E-state index in [0.717, 1.165) is 35.0 Å². The Morgan fingerprint density at radius 2 is 1.35 bits per heavy atom. The van der Waals surface area contributed by atoms with Gasteiger partial charge in [-0.1, -0.05) is 61.2 Å². The molecular weight excluding hydrogens is 282 g/mol. The Morgan fingerprint density at radius 3 is 1.91 bits per heavy atom. The van der Waals surface area contributed by atoms with Gasteiger partial charge in [0.05, 0.1) is 11.4 Å². The summed E-state index contributed by atoms with van der Waals surface area (Å²) in [4.78, 5) is 2.30. The van der Waals surface area contributed by atoms with Crippen molar-refractivity contribution in [2.24, 2.45) is 0 Å². The standard InChI is InChI=1S/C21H17NO/c1-2-16-11-13-17(14-12-16)15-22-18-7-3-5-9-20(18)23-21-10-6-4-8-19(21)22/h2-14H,1,15H2. The molecule has 1 aliphatic heterocycles. The first kappa shape index (κ1) is 13.6.